The first-order chi connectivity index (χ1) is 8.58. The van der Waals surface area contributed by atoms with Crippen LogP contribution in [0.25, 0.3) is 0 Å². The van der Waals surface area contributed by atoms with Crippen LogP contribution in [0, 0.1) is 11.8 Å². The lowest BCUT2D eigenvalue weighted by atomic mass is 9.96. The zero-order valence-corrected chi connectivity index (χ0v) is 12.1. The molecule has 0 aromatic heterocycles. The molecule has 1 fully saturated rings. The number of nitrogens with zero attached hydrogens (tertiary/aromatic N) is 1. The van der Waals surface area contributed by atoms with Gasteiger partial charge in [0.1, 0.15) is 0 Å². The topological polar surface area (TPSA) is 58.4 Å². The summed E-state index contributed by atoms with van der Waals surface area (Å²) in [6.45, 7) is 9.67. The van der Waals surface area contributed by atoms with Crippen molar-refractivity contribution in [2.24, 2.45) is 17.6 Å². The van der Waals surface area contributed by atoms with E-state index in [1.54, 1.807) is 0 Å². The van der Waals surface area contributed by atoms with Gasteiger partial charge in [0, 0.05) is 25.7 Å². The monoisotopic (exact) mass is 255 g/mol. The average Bonchev–Trinajstić information content (AvgIpc) is 3.15. The molecule has 1 amide bonds. The molecule has 0 aliphatic heterocycles. The molecule has 0 bridgehead atoms. The van der Waals surface area contributed by atoms with Gasteiger partial charge < -0.3 is 11.1 Å². The molecule has 1 aliphatic carbocycles. The van der Waals surface area contributed by atoms with Gasteiger partial charge in [0.05, 0.1) is 5.92 Å². The molecule has 1 unspecified atom stereocenters. The van der Waals surface area contributed by atoms with E-state index in [9.17, 15) is 4.79 Å². The molecule has 0 saturated heterocycles. The molecule has 0 aromatic carbocycles. The molecule has 106 valence electrons. The number of likely N-dealkylation sites (N-methyl/N-ethyl adjacent to an activating group) is 1. The Morgan fingerprint density at radius 3 is 2.56 bits per heavy atom. The van der Waals surface area contributed by atoms with E-state index in [4.69, 9.17) is 5.73 Å². The van der Waals surface area contributed by atoms with Gasteiger partial charge in [-0.3, -0.25) is 9.69 Å². The maximum Gasteiger partial charge on any atom is 0.224 e. The van der Waals surface area contributed by atoms with Crippen LogP contribution in [-0.4, -0.2) is 43.0 Å². The van der Waals surface area contributed by atoms with Crippen LogP contribution in [0.3, 0.4) is 0 Å². The van der Waals surface area contributed by atoms with Gasteiger partial charge in [0.15, 0.2) is 0 Å². The molecule has 4 nitrogen and oxygen atoms in total. The van der Waals surface area contributed by atoms with E-state index in [1.165, 1.54) is 12.8 Å². The van der Waals surface area contributed by atoms with Crippen molar-refractivity contribution in [2.75, 3.05) is 26.2 Å². The highest BCUT2D eigenvalue weighted by molar-refractivity contribution is 5.78. The van der Waals surface area contributed by atoms with Gasteiger partial charge in [-0.05, 0) is 31.7 Å². The van der Waals surface area contributed by atoms with E-state index < -0.39 is 0 Å². The minimum atomic E-state index is -0.0269. The van der Waals surface area contributed by atoms with Crippen LogP contribution in [0.1, 0.15) is 40.0 Å². The third-order valence-corrected chi connectivity index (χ3v) is 3.58. The summed E-state index contributed by atoms with van der Waals surface area (Å²) in [5.74, 6) is 0.613. The molecular formula is C14H29N3O. The zero-order valence-electron chi connectivity index (χ0n) is 12.1. The van der Waals surface area contributed by atoms with Crippen molar-refractivity contribution in [3.63, 3.8) is 0 Å². The number of hydrogen-bond acceptors (Lipinski definition) is 3. The molecular weight excluding hydrogens is 226 g/mol. The second-order valence-electron chi connectivity index (χ2n) is 5.71. The van der Waals surface area contributed by atoms with Crippen LogP contribution in [0.5, 0.6) is 0 Å². The Kier molecular flexibility index (Phi) is 6.65. The fraction of sp³-hybridized carbons (Fsp3) is 0.929. The first kappa shape index (κ1) is 15.4. The van der Waals surface area contributed by atoms with Crippen LogP contribution >= 0.6 is 0 Å². The van der Waals surface area contributed by atoms with Crippen molar-refractivity contribution >= 4 is 5.91 Å². The number of nitrogens with one attached hydrogen (secondary N) is 1. The van der Waals surface area contributed by atoms with E-state index >= 15 is 0 Å². The van der Waals surface area contributed by atoms with E-state index in [2.05, 4.69) is 31.0 Å². The first-order valence-electron chi connectivity index (χ1n) is 7.30. The van der Waals surface area contributed by atoms with E-state index in [0.717, 1.165) is 32.1 Å². The Labute approximate surface area is 111 Å². The van der Waals surface area contributed by atoms with Crippen LogP contribution in [0.4, 0.5) is 0 Å². The second-order valence-corrected chi connectivity index (χ2v) is 5.71. The van der Waals surface area contributed by atoms with Gasteiger partial charge >= 0.3 is 0 Å². The van der Waals surface area contributed by atoms with Crippen LogP contribution in [0.2, 0.25) is 0 Å². The summed E-state index contributed by atoms with van der Waals surface area (Å²) in [7, 11) is 0. The van der Waals surface area contributed by atoms with Crippen LogP contribution < -0.4 is 11.1 Å². The summed E-state index contributed by atoms with van der Waals surface area (Å²) in [6, 6.07) is 0.771. The average molecular weight is 255 g/mol. The summed E-state index contributed by atoms with van der Waals surface area (Å²) >= 11 is 0. The summed E-state index contributed by atoms with van der Waals surface area (Å²) in [6.07, 6.45) is 3.52. The predicted octanol–water partition coefficient (Wildman–Crippen LogP) is 1.21. The van der Waals surface area contributed by atoms with Crippen molar-refractivity contribution in [1.29, 1.82) is 0 Å². The highest BCUT2D eigenvalue weighted by atomic mass is 16.1. The van der Waals surface area contributed by atoms with Crippen molar-refractivity contribution in [2.45, 2.75) is 46.1 Å². The number of rotatable bonds is 9. The summed E-state index contributed by atoms with van der Waals surface area (Å²) in [5.41, 5.74) is 5.67. The van der Waals surface area contributed by atoms with Crippen molar-refractivity contribution in [1.82, 2.24) is 10.2 Å². The molecule has 18 heavy (non-hydrogen) atoms. The molecule has 0 heterocycles. The van der Waals surface area contributed by atoms with Gasteiger partial charge in [0.25, 0.3) is 0 Å². The number of amides is 1. The SMILES string of the molecule is CCN(CCNC(=O)C(CN)CC(C)C)C1CC1. The maximum atomic E-state index is 12.0. The van der Waals surface area contributed by atoms with Gasteiger partial charge in [-0.15, -0.1) is 0 Å². The summed E-state index contributed by atoms with van der Waals surface area (Å²) < 4.78 is 0. The molecule has 4 heteroatoms. The molecule has 1 rings (SSSR count). The minimum Gasteiger partial charge on any atom is -0.355 e. The lowest BCUT2D eigenvalue weighted by Crippen LogP contribution is -2.40. The summed E-state index contributed by atoms with van der Waals surface area (Å²) in [5, 5.41) is 3.03. The zero-order chi connectivity index (χ0) is 13.5. The fourth-order valence-corrected chi connectivity index (χ4v) is 2.38. The second kappa shape index (κ2) is 7.74. The molecule has 1 saturated carbocycles. The smallest absolute Gasteiger partial charge is 0.224 e. The normalized spacial score (nSPS) is 17.2. The molecule has 0 spiro atoms. The Hall–Kier alpha value is -0.610. The third-order valence-electron chi connectivity index (χ3n) is 3.58. The van der Waals surface area contributed by atoms with Gasteiger partial charge in [-0.2, -0.15) is 0 Å². The Balaban J connectivity index is 2.21. The molecule has 0 radical (unpaired) electrons. The maximum absolute atomic E-state index is 12.0. The Bertz CT molecular complexity index is 251. The molecule has 1 aliphatic rings. The van der Waals surface area contributed by atoms with E-state index in [1.807, 2.05) is 0 Å². The minimum absolute atomic E-state index is 0.0269. The summed E-state index contributed by atoms with van der Waals surface area (Å²) in [4.78, 5) is 14.4. The number of carbonyl (C=O) groups is 1. The lowest BCUT2D eigenvalue weighted by Gasteiger charge is -2.21. The van der Waals surface area contributed by atoms with Gasteiger partial charge in [0.2, 0.25) is 5.91 Å². The highest BCUT2D eigenvalue weighted by Gasteiger charge is 2.27. The molecule has 0 aromatic rings. The van der Waals surface area contributed by atoms with Crippen LogP contribution in [0.15, 0.2) is 0 Å². The number of carbonyl (C=O) groups excluding carboxylic acids is 1. The number of nitrogens with two attached hydrogens (primary N) is 1. The standard InChI is InChI=1S/C14H29N3O/c1-4-17(13-5-6-13)8-7-16-14(18)12(10-15)9-11(2)3/h11-13H,4-10,15H2,1-3H3,(H,16,18). The van der Waals surface area contributed by atoms with Crippen molar-refractivity contribution in [3.8, 4) is 0 Å². The fourth-order valence-electron chi connectivity index (χ4n) is 2.38. The number of hydrogen-bond donors (Lipinski definition) is 2. The third kappa shape index (κ3) is 5.36. The first-order valence-corrected chi connectivity index (χ1v) is 7.30. The largest absolute Gasteiger partial charge is 0.355 e. The van der Waals surface area contributed by atoms with Crippen LogP contribution in [-0.2, 0) is 4.79 Å². The lowest BCUT2D eigenvalue weighted by molar-refractivity contribution is -0.125. The van der Waals surface area contributed by atoms with Crippen molar-refractivity contribution in [3.05, 3.63) is 0 Å². The van der Waals surface area contributed by atoms with Gasteiger partial charge in [-0.25, -0.2) is 0 Å². The Morgan fingerprint density at radius 1 is 1.44 bits per heavy atom. The molecule has 3 N–H and O–H groups in total. The Morgan fingerprint density at radius 2 is 2.11 bits per heavy atom. The van der Waals surface area contributed by atoms with Gasteiger partial charge in [-0.1, -0.05) is 20.8 Å². The predicted molar refractivity (Wildman–Crippen MR) is 75.3 cm³/mol. The van der Waals surface area contributed by atoms with Crippen molar-refractivity contribution < 1.29 is 4.79 Å². The quantitative estimate of drug-likeness (QED) is 0.651. The molecule has 1 atom stereocenters. The highest BCUT2D eigenvalue weighted by Crippen LogP contribution is 2.25. The van der Waals surface area contributed by atoms with E-state index in [-0.39, 0.29) is 11.8 Å². The van der Waals surface area contributed by atoms with E-state index in [0.29, 0.717) is 12.5 Å².